The predicted octanol–water partition coefficient (Wildman–Crippen LogP) is 2.38. The van der Waals surface area contributed by atoms with E-state index in [1.807, 2.05) is 6.07 Å². The van der Waals surface area contributed by atoms with Gasteiger partial charge in [-0.1, -0.05) is 11.9 Å². The fourth-order valence-corrected chi connectivity index (χ4v) is 2.49. The lowest BCUT2D eigenvalue weighted by Gasteiger charge is -2.17. The minimum absolute atomic E-state index is 0.198. The number of thiophene rings is 1. The molecule has 1 amide bonds. The fraction of sp³-hybridized carbons (Fsp3) is 0.500. The van der Waals surface area contributed by atoms with Crippen molar-refractivity contribution >= 4 is 29.2 Å². The summed E-state index contributed by atoms with van der Waals surface area (Å²) in [5, 5.41) is 1.79. The topological polar surface area (TPSA) is 55.1 Å². The molecule has 0 atom stereocenters. The summed E-state index contributed by atoms with van der Waals surface area (Å²) in [6, 6.07) is 1.84. The molecule has 3 nitrogen and oxygen atoms in total. The van der Waals surface area contributed by atoms with Crippen LogP contribution in [0.5, 0.6) is 0 Å². The Balaban J connectivity index is 2.41. The highest BCUT2D eigenvalue weighted by molar-refractivity contribution is 7.98. The van der Waals surface area contributed by atoms with E-state index in [1.165, 1.54) is 0 Å². The normalized spacial score (nSPS) is 11.7. The summed E-state index contributed by atoms with van der Waals surface area (Å²) in [5.74, 6) is -0.360. The summed E-state index contributed by atoms with van der Waals surface area (Å²) in [6.45, 7) is 7.20. The average Bonchev–Trinajstić information content (AvgIpc) is 2.50. The lowest BCUT2D eigenvalue weighted by atomic mass is 10.3. The van der Waals surface area contributed by atoms with Gasteiger partial charge in [0.05, 0.1) is 5.56 Å². The molecular formula is C10H16N2OS2. The average molecular weight is 244 g/mol. The molecule has 1 aromatic rings. The molecule has 0 bridgehead atoms. The molecule has 1 heterocycles. The van der Waals surface area contributed by atoms with Gasteiger partial charge in [-0.3, -0.25) is 9.52 Å². The van der Waals surface area contributed by atoms with Gasteiger partial charge in [0.25, 0.3) is 0 Å². The van der Waals surface area contributed by atoms with Gasteiger partial charge >= 0.3 is 0 Å². The van der Waals surface area contributed by atoms with E-state index in [0.717, 1.165) is 11.4 Å². The lowest BCUT2D eigenvalue weighted by Crippen LogP contribution is -2.16. The van der Waals surface area contributed by atoms with Crippen molar-refractivity contribution in [3.8, 4) is 0 Å². The molecule has 1 aromatic heterocycles. The van der Waals surface area contributed by atoms with Gasteiger partial charge in [0.2, 0.25) is 5.91 Å². The van der Waals surface area contributed by atoms with Crippen LogP contribution in [0.3, 0.4) is 0 Å². The van der Waals surface area contributed by atoms with E-state index in [9.17, 15) is 4.79 Å². The van der Waals surface area contributed by atoms with Crippen molar-refractivity contribution in [2.75, 3.05) is 0 Å². The SMILES string of the molecule is CC(C)(C)SNCc1cc(C(N)=O)cs1. The summed E-state index contributed by atoms with van der Waals surface area (Å²) in [7, 11) is 0. The first-order chi connectivity index (χ1) is 6.88. The van der Waals surface area contributed by atoms with Crippen molar-refractivity contribution in [3.63, 3.8) is 0 Å². The molecule has 0 saturated heterocycles. The number of carbonyl (C=O) groups is 1. The van der Waals surface area contributed by atoms with Crippen LogP contribution in [0.15, 0.2) is 11.4 Å². The van der Waals surface area contributed by atoms with Crippen molar-refractivity contribution in [1.82, 2.24) is 4.72 Å². The standard InChI is InChI=1S/C10H16N2OS2/c1-10(2,3)15-12-5-8-4-7(6-14-8)9(11)13/h4,6,12H,5H2,1-3H3,(H2,11,13). The van der Waals surface area contributed by atoms with Gasteiger partial charge < -0.3 is 5.73 Å². The zero-order valence-corrected chi connectivity index (χ0v) is 10.8. The minimum atomic E-state index is -0.360. The van der Waals surface area contributed by atoms with Gasteiger partial charge in [-0.05, 0) is 26.8 Å². The van der Waals surface area contributed by atoms with Crippen molar-refractivity contribution in [1.29, 1.82) is 0 Å². The van der Waals surface area contributed by atoms with Crippen LogP contribution in [-0.2, 0) is 6.54 Å². The minimum Gasteiger partial charge on any atom is -0.366 e. The second kappa shape index (κ2) is 5.01. The van der Waals surface area contributed by atoms with E-state index in [1.54, 1.807) is 28.7 Å². The molecule has 0 spiro atoms. The van der Waals surface area contributed by atoms with Gasteiger partial charge in [-0.15, -0.1) is 11.3 Å². The van der Waals surface area contributed by atoms with Crippen LogP contribution in [0.2, 0.25) is 0 Å². The zero-order valence-electron chi connectivity index (χ0n) is 9.16. The second-order valence-electron chi connectivity index (χ2n) is 4.20. The Morgan fingerprint density at radius 1 is 1.60 bits per heavy atom. The Kier molecular flexibility index (Phi) is 4.19. The highest BCUT2D eigenvalue weighted by atomic mass is 32.2. The number of nitrogens with one attached hydrogen (secondary N) is 1. The number of rotatable bonds is 4. The quantitative estimate of drug-likeness (QED) is 0.800. The number of primary amides is 1. The van der Waals surface area contributed by atoms with E-state index in [4.69, 9.17) is 5.73 Å². The van der Waals surface area contributed by atoms with Gasteiger partial charge in [-0.2, -0.15) is 0 Å². The molecule has 15 heavy (non-hydrogen) atoms. The first kappa shape index (κ1) is 12.5. The summed E-state index contributed by atoms with van der Waals surface area (Å²) in [6.07, 6.45) is 0. The zero-order chi connectivity index (χ0) is 11.5. The van der Waals surface area contributed by atoms with Crippen molar-refractivity contribution in [3.05, 3.63) is 21.9 Å². The van der Waals surface area contributed by atoms with Crippen LogP contribution < -0.4 is 10.5 Å². The highest BCUT2D eigenvalue weighted by Gasteiger charge is 2.10. The first-order valence-electron chi connectivity index (χ1n) is 4.66. The molecule has 3 N–H and O–H groups in total. The maximum absolute atomic E-state index is 10.9. The molecular weight excluding hydrogens is 228 g/mol. The van der Waals surface area contributed by atoms with Crippen LogP contribution in [0, 0.1) is 0 Å². The Hall–Kier alpha value is -0.520. The molecule has 84 valence electrons. The Morgan fingerprint density at radius 2 is 2.27 bits per heavy atom. The maximum atomic E-state index is 10.9. The summed E-state index contributed by atoms with van der Waals surface area (Å²) in [5.41, 5.74) is 5.76. The third-order valence-electron chi connectivity index (χ3n) is 1.56. The van der Waals surface area contributed by atoms with E-state index in [0.29, 0.717) is 5.56 Å². The molecule has 0 aliphatic heterocycles. The monoisotopic (exact) mass is 244 g/mol. The molecule has 0 fully saturated rings. The molecule has 5 heteroatoms. The molecule has 0 saturated carbocycles. The predicted molar refractivity (Wildman–Crippen MR) is 67.0 cm³/mol. The van der Waals surface area contributed by atoms with Crippen molar-refractivity contribution in [2.24, 2.45) is 5.73 Å². The lowest BCUT2D eigenvalue weighted by molar-refractivity contribution is 0.100. The van der Waals surface area contributed by atoms with E-state index >= 15 is 0 Å². The van der Waals surface area contributed by atoms with Crippen molar-refractivity contribution in [2.45, 2.75) is 32.1 Å². The van der Waals surface area contributed by atoms with Crippen LogP contribution in [0.4, 0.5) is 0 Å². The Morgan fingerprint density at radius 3 is 2.73 bits per heavy atom. The number of carbonyl (C=O) groups excluding carboxylic acids is 1. The number of hydrogen-bond donors (Lipinski definition) is 2. The molecule has 0 aliphatic carbocycles. The Bertz CT molecular complexity index is 341. The first-order valence-corrected chi connectivity index (χ1v) is 6.36. The summed E-state index contributed by atoms with van der Waals surface area (Å²) < 4.78 is 3.47. The van der Waals surface area contributed by atoms with Gasteiger partial charge in [0.1, 0.15) is 0 Å². The smallest absolute Gasteiger partial charge is 0.249 e. The van der Waals surface area contributed by atoms with Gasteiger partial charge in [-0.25, -0.2) is 0 Å². The molecule has 0 aromatic carbocycles. The summed E-state index contributed by atoms with van der Waals surface area (Å²) >= 11 is 3.24. The van der Waals surface area contributed by atoms with Gasteiger partial charge in [0, 0.05) is 21.5 Å². The fourth-order valence-electron chi connectivity index (χ4n) is 0.926. The van der Waals surface area contributed by atoms with E-state index < -0.39 is 0 Å². The largest absolute Gasteiger partial charge is 0.366 e. The van der Waals surface area contributed by atoms with Crippen LogP contribution in [0.25, 0.3) is 0 Å². The van der Waals surface area contributed by atoms with Gasteiger partial charge in [0.15, 0.2) is 0 Å². The van der Waals surface area contributed by atoms with Crippen LogP contribution in [-0.4, -0.2) is 10.7 Å². The molecule has 1 rings (SSSR count). The van der Waals surface area contributed by atoms with Crippen LogP contribution >= 0.6 is 23.3 Å². The second-order valence-corrected chi connectivity index (χ2v) is 6.91. The summed E-state index contributed by atoms with van der Waals surface area (Å²) in [4.78, 5) is 12.0. The highest BCUT2D eigenvalue weighted by Crippen LogP contribution is 2.21. The van der Waals surface area contributed by atoms with Crippen LogP contribution in [0.1, 0.15) is 36.0 Å². The molecule has 0 radical (unpaired) electrons. The third kappa shape index (κ3) is 4.68. The maximum Gasteiger partial charge on any atom is 0.249 e. The number of amides is 1. The van der Waals surface area contributed by atoms with Crippen molar-refractivity contribution < 1.29 is 4.79 Å². The Labute approximate surface area is 98.6 Å². The molecule has 0 unspecified atom stereocenters. The molecule has 0 aliphatic rings. The number of hydrogen-bond acceptors (Lipinski definition) is 4. The number of nitrogens with two attached hydrogens (primary N) is 1. The third-order valence-corrected chi connectivity index (χ3v) is 3.40. The van der Waals surface area contributed by atoms with E-state index in [2.05, 4.69) is 25.5 Å². The van der Waals surface area contributed by atoms with E-state index in [-0.39, 0.29) is 10.7 Å².